The molecule has 0 spiro atoms. The molecule has 0 aliphatic heterocycles. The maximum Gasteiger partial charge on any atom is 0.155 e. The first kappa shape index (κ1) is 13.0. The van der Waals surface area contributed by atoms with E-state index >= 15 is 0 Å². The zero-order valence-electron chi connectivity index (χ0n) is 11.2. The van der Waals surface area contributed by atoms with E-state index in [0.717, 1.165) is 32.8 Å². The van der Waals surface area contributed by atoms with Gasteiger partial charge in [-0.3, -0.25) is 4.68 Å². The van der Waals surface area contributed by atoms with Gasteiger partial charge in [-0.1, -0.05) is 34.1 Å². The van der Waals surface area contributed by atoms with Crippen LogP contribution in [0.3, 0.4) is 0 Å². The minimum absolute atomic E-state index is 0.612. The number of anilines is 1. The molecule has 5 heteroatoms. The number of nitrogen functional groups attached to an aromatic ring is 1. The largest absolute Gasteiger partial charge is 0.460 e. The van der Waals surface area contributed by atoms with Crippen molar-refractivity contribution >= 4 is 21.7 Å². The lowest BCUT2D eigenvalue weighted by atomic mass is 10.0. The zero-order chi connectivity index (χ0) is 14.3. The van der Waals surface area contributed by atoms with Crippen molar-refractivity contribution in [1.29, 1.82) is 0 Å². The summed E-state index contributed by atoms with van der Waals surface area (Å²) in [5.41, 5.74) is 8.83. The van der Waals surface area contributed by atoms with Crippen LogP contribution >= 0.6 is 15.9 Å². The number of aromatic nitrogens is 2. The van der Waals surface area contributed by atoms with Crippen molar-refractivity contribution in [1.82, 2.24) is 9.78 Å². The lowest BCUT2D eigenvalue weighted by Gasteiger charge is -2.05. The third kappa shape index (κ3) is 2.04. The molecule has 0 saturated carbocycles. The minimum atomic E-state index is 0.612. The quantitative estimate of drug-likeness (QED) is 0.772. The van der Waals surface area contributed by atoms with E-state index in [1.807, 2.05) is 50.4 Å². The molecule has 0 aliphatic rings. The number of hydrogen-bond donors (Lipinski definition) is 1. The number of hydrogen-bond acceptors (Lipinski definition) is 3. The van der Waals surface area contributed by atoms with Crippen molar-refractivity contribution in [2.45, 2.75) is 6.92 Å². The van der Waals surface area contributed by atoms with E-state index in [2.05, 4.69) is 21.0 Å². The fourth-order valence-corrected chi connectivity index (χ4v) is 2.68. The zero-order valence-corrected chi connectivity index (χ0v) is 12.8. The molecule has 1 aromatic carbocycles. The van der Waals surface area contributed by atoms with Gasteiger partial charge >= 0.3 is 0 Å². The molecule has 0 radical (unpaired) electrons. The normalized spacial score (nSPS) is 10.9. The van der Waals surface area contributed by atoms with Gasteiger partial charge in [0.1, 0.15) is 17.3 Å². The number of nitrogens with two attached hydrogens (primary N) is 1. The van der Waals surface area contributed by atoms with Gasteiger partial charge in [-0.15, -0.1) is 0 Å². The SMILES string of the molecule is Cc1ccc(-c2nn(C)c(N)c2-c2ccccc2Br)o1. The van der Waals surface area contributed by atoms with Crippen LogP contribution in [0.2, 0.25) is 0 Å². The van der Waals surface area contributed by atoms with Crippen molar-refractivity contribution in [2.24, 2.45) is 7.05 Å². The summed E-state index contributed by atoms with van der Waals surface area (Å²) in [5.74, 6) is 2.18. The van der Waals surface area contributed by atoms with E-state index in [1.165, 1.54) is 0 Å². The van der Waals surface area contributed by atoms with Crippen LogP contribution in [-0.2, 0) is 7.05 Å². The molecule has 0 aliphatic carbocycles. The van der Waals surface area contributed by atoms with Gasteiger partial charge in [0.05, 0.1) is 5.56 Å². The van der Waals surface area contributed by atoms with Crippen molar-refractivity contribution in [3.63, 3.8) is 0 Å². The van der Waals surface area contributed by atoms with Crippen LogP contribution in [-0.4, -0.2) is 9.78 Å². The number of furan rings is 1. The summed E-state index contributed by atoms with van der Waals surface area (Å²) in [4.78, 5) is 0. The molecule has 2 aromatic heterocycles. The summed E-state index contributed by atoms with van der Waals surface area (Å²) in [6.45, 7) is 1.91. The van der Waals surface area contributed by atoms with Crippen LogP contribution in [0.1, 0.15) is 5.76 Å². The van der Waals surface area contributed by atoms with Gasteiger partial charge in [-0.05, 0) is 25.1 Å². The summed E-state index contributed by atoms with van der Waals surface area (Å²) in [6, 6.07) is 11.8. The number of benzene rings is 1. The Labute approximate surface area is 125 Å². The standard InChI is InChI=1S/C15H14BrN3O/c1-9-7-8-12(20-9)14-13(15(17)19(2)18-14)10-5-3-4-6-11(10)16/h3-8H,17H2,1-2H3. The summed E-state index contributed by atoms with van der Waals surface area (Å²) >= 11 is 3.57. The molecule has 20 heavy (non-hydrogen) atoms. The van der Waals surface area contributed by atoms with Crippen molar-refractivity contribution < 1.29 is 4.42 Å². The molecule has 0 atom stereocenters. The van der Waals surface area contributed by atoms with E-state index in [4.69, 9.17) is 10.2 Å². The Balaban J connectivity index is 2.28. The van der Waals surface area contributed by atoms with Gasteiger partial charge in [0.25, 0.3) is 0 Å². The molecule has 102 valence electrons. The Kier molecular flexibility index (Phi) is 3.14. The first-order valence-electron chi connectivity index (χ1n) is 6.22. The Morgan fingerprint density at radius 3 is 2.60 bits per heavy atom. The van der Waals surface area contributed by atoms with Crippen molar-refractivity contribution in [2.75, 3.05) is 5.73 Å². The van der Waals surface area contributed by atoms with E-state index in [0.29, 0.717) is 5.82 Å². The second-order valence-corrected chi connectivity index (χ2v) is 5.48. The highest BCUT2D eigenvalue weighted by atomic mass is 79.9. The fourth-order valence-electron chi connectivity index (χ4n) is 2.20. The predicted molar refractivity (Wildman–Crippen MR) is 83.2 cm³/mol. The third-order valence-electron chi connectivity index (χ3n) is 3.21. The van der Waals surface area contributed by atoms with E-state index in [1.54, 1.807) is 4.68 Å². The Morgan fingerprint density at radius 1 is 1.20 bits per heavy atom. The monoisotopic (exact) mass is 331 g/mol. The van der Waals surface area contributed by atoms with Gasteiger partial charge in [-0.25, -0.2) is 0 Å². The van der Waals surface area contributed by atoms with Crippen LogP contribution in [0.5, 0.6) is 0 Å². The highest BCUT2D eigenvalue weighted by molar-refractivity contribution is 9.10. The second-order valence-electron chi connectivity index (χ2n) is 4.62. The molecule has 4 nitrogen and oxygen atoms in total. The first-order valence-corrected chi connectivity index (χ1v) is 7.01. The van der Waals surface area contributed by atoms with Gasteiger partial charge in [-0.2, -0.15) is 5.10 Å². The molecule has 0 saturated heterocycles. The minimum Gasteiger partial charge on any atom is -0.460 e. The first-order chi connectivity index (χ1) is 9.58. The molecule has 0 unspecified atom stereocenters. The molecule has 0 amide bonds. The molecule has 2 N–H and O–H groups in total. The highest BCUT2D eigenvalue weighted by Gasteiger charge is 2.20. The Hall–Kier alpha value is -2.01. The summed E-state index contributed by atoms with van der Waals surface area (Å²) in [6.07, 6.45) is 0. The van der Waals surface area contributed by atoms with Crippen LogP contribution in [0, 0.1) is 6.92 Å². The van der Waals surface area contributed by atoms with Crippen LogP contribution < -0.4 is 5.73 Å². The summed E-state index contributed by atoms with van der Waals surface area (Å²) in [7, 11) is 1.83. The van der Waals surface area contributed by atoms with Crippen molar-refractivity contribution in [3.8, 4) is 22.6 Å². The third-order valence-corrected chi connectivity index (χ3v) is 3.90. The number of rotatable bonds is 2. The molecule has 2 heterocycles. The van der Waals surface area contributed by atoms with E-state index < -0.39 is 0 Å². The highest BCUT2D eigenvalue weighted by Crippen LogP contribution is 2.39. The number of halogens is 1. The van der Waals surface area contributed by atoms with E-state index in [9.17, 15) is 0 Å². The van der Waals surface area contributed by atoms with Crippen molar-refractivity contribution in [3.05, 3.63) is 46.6 Å². The molecular weight excluding hydrogens is 318 g/mol. The lowest BCUT2D eigenvalue weighted by Crippen LogP contribution is -1.98. The average Bonchev–Trinajstić information content (AvgIpc) is 2.96. The lowest BCUT2D eigenvalue weighted by molar-refractivity contribution is 0.545. The molecule has 3 rings (SSSR count). The summed E-state index contributed by atoms with van der Waals surface area (Å²) in [5, 5.41) is 4.49. The Bertz CT molecular complexity index is 773. The molecule has 3 aromatic rings. The van der Waals surface area contributed by atoms with Gasteiger partial charge in [0, 0.05) is 17.1 Å². The second kappa shape index (κ2) is 4.83. The maximum absolute atomic E-state index is 6.19. The molecule has 0 fully saturated rings. The average molecular weight is 332 g/mol. The van der Waals surface area contributed by atoms with Gasteiger partial charge < -0.3 is 10.2 Å². The van der Waals surface area contributed by atoms with Gasteiger partial charge in [0.15, 0.2) is 5.76 Å². The Morgan fingerprint density at radius 2 is 1.95 bits per heavy atom. The van der Waals surface area contributed by atoms with Gasteiger partial charge in [0.2, 0.25) is 0 Å². The predicted octanol–water partition coefficient (Wildman–Crippen LogP) is 4.00. The molecular formula is C15H14BrN3O. The van der Waals surface area contributed by atoms with Crippen LogP contribution in [0.25, 0.3) is 22.6 Å². The smallest absolute Gasteiger partial charge is 0.155 e. The number of aryl methyl sites for hydroxylation is 2. The van der Waals surface area contributed by atoms with Crippen LogP contribution in [0.4, 0.5) is 5.82 Å². The van der Waals surface area contributed by atoms with E-state index in [-0.39, 0.29) is 0 Å². The van der Waals surface area contributed by atoms with Crippen LogP contribution in [0.15, 0.2) is 45.3 Å². The molecule has 0 bridgehead atoms. The number of nitrogens with zero attached hydrogens (tertiary/aromatic N) is 2. The summed E-state index contributed by atoms with van der Waals surface area (Å²) < 4.78 is 8.34. The fraction of sp³-hybridized carbons (Fsp3) is 0.133. The topological polar surface area (TPSA) is 57.0 Å². The maximum atomic E-state index is 6.19.